The Hall–Kier alpha value is -1.33. The maximum atomic E-state index is 11.4. The molecule has 3 rings (SSSR count). The van der Waals surface area contributed by atoms with Gasteiger partial charge in [-0.3, -0.25) is 9.78 Å². The van der Waals surface area contributed by atoms with E-state index in [1.165, 1.54) is 25.5 Å². The van der Waals surface area contributed by atoms with E-state index in [9.17, 15) is 4.79 Å². The Labute approximate surface area is 135 Å². The minimum absolute atomic E-state index is 0.342. The lowest BCUT2D eigenvalue weighted by Crippen LogP contribution is -2.19. The van der Waals surface area contributed by atoms with Crippen LogP contribution in [0.15, 0.2) is 22.8 Å². The van der Waals surface area contributed by atoms with Gasteiger partial charge in [0.1, 0.15) is 5.75 Å². The van der Waals surface area contributed by atoms with Gasteiger partial charge in [-0.2, -0.15) is 0 Å². The first-order chi connectivity index (χ1) is 10.1. The van der Waals surface area contributed by atoms with Crippen molar-refractivity contribution in [3.8, 4) is 5.75 Å². The van der Waals surface area contributed by atoms with Crippen molar-refractivity contribution >= 4 is 44.3 Å². The smallest absolute Gasteiger partial charge is 0.251 e. The standard InChI is InChI=1S/C15H14BrClN2O2/c16-14-9-4-13(21-7-8-2-1-3-8)11(17)5-12(9)19-6-10(14)15(18)20/h4-6,8H,1-3,7H2,(H2,18,20). The van der Waals surface area contributed by atoms with Crippen molar-refractivity contribution in [3.05, 3.63) is 33.4 Å². The summed E-state index contributed by atoms with van der Waals surface area (Å²) >= 11 is 9.64. The number of halogens is 2. The van der Waals surface area contributed by atoms with Crippen LogP contribution in [0.25, 0.3) is 10.9 Å². The number of carbonyl (C=O) groups excluding carboxylic acids is 1. The second-order valence-electron chi connectivity index (χ2n) is 5.26. The van der Waals surface area contributed by atoms with Gasteiger partial charge >= 0.3 is 0 Å². The largest absolute Gasteiger partial charge is 0.492 e. The molecule has 1 aromatic heterocycles. The van der Waals surface area contributed by atoms with Crippen molar-refractivity contribution in [1.29, 1.82) is 0 Å². The van der Waals surface area contributed by atoms with Gasteiger partial charge in [0.25, 0.3) is 5.91 Å². The van der Waals surface area contributed by atoms with Crippen LogP contribution in [-0.4, -0.2) is 17.5 Å². The molecule has 1 saturated carbocycles. The van der Waals surface area contributed by atoms with Crippen LogP contribution >= 0.6 is 27.5 Å². The Morgan fingerprint density at radius 1 is 1.48 bits per heavy atom. The molecular formula is C15H14BrClN2O2. The number of benzene rings is 1. The average Bonchev–Trinajstić information content (AvgIpc) is 2.38. The number of carbonyl (C=O) groups is 1. The molecular weight excluding hydrogens is 356 g/mol. The normalized spacial score (nSPS) is 15.0. The van der Waals surface area contributed by atoms with E-state index in [2.05, 4.69) is 20.9 Å². The predicted molar refractivity (Wildman–Crippen MR) is 85.8 cm³/mol. The molecule has 4 nitrogen and oxygen atoms in total. The molecule has 1 heterocycles. The van der Waals surface area contributed by atoms with Crippen molar-refractivity contribution in [2.75, 3.05) is 6.61 Å². The first-order valence-electron chi connectivity index (χ1n) is 6.76. The number of ether oxygens (including phenoxy) is 1. The fourth-order valence-corrected chi connectivity index (χ4v) is 3.14. The van der Waals surface area contributed by atoms with E-state index in [1.54, 1.807) is 12.1 Å². The molecule has 0 unspecified atom stereocenters. The van der Waals surface area contributed by atoms with Gasteiger partial charge in [-0.05, 0) is 46.8 Å². The van der Waals surface area contributed by atoms with Gasteiger partial charge in [0, 0.05) is 16.1 Å². The summed E-state index contributed by atoms with van der Waals surface area (Å²) in [4.78, 5) is 15.6. The minimum atomic E-state index is -0.525. The summed E-state index contributed by atoms with van der Waals surface area (Å²) in [5.74, 6) is 0.707. The van der Waals surface area contributed by atoms with Crippen molar-refractivity contribution < 1.29 is 9.53 Å². The Balaban J connectivity index is 1.98. The monoisotopic (exact) mass is 368 g/mol. The molecule has 1 amide bonds. The van der Waals surface area contributed by atoms with Crippen molar-refractivity contribution in [2.45, 2.75) is 19.3 Å². The molecule has 110 valence electrons. The number of hydrogen-bond acceptors (Lipinski definition) is 3. The number of primary amides is 1. The summed E-state index contributed by atoms with van der Waals surface area (Å²) < 4.78 is 6.42. The highest BCUT2D eigenvalue weighted by Gasteiger charge is 2.19. The summed E-state index contributed by atoms with van der Waals surface area (Å²) in [6, 6.07) is 3.54. The van der Waals surface area contributed by atoms with Gasteiger partial charge in [-0.15, -0.1) is 0 Å². The predicted octanol–water partition coefficient (Wildman–Crippen LogP) is 3.93. The lowest BCUT2D eigenvalue weighted by atomic mass is 9.86. The van der Waals surface area contributed by atoms with Crippen molar-refractivity contribution in [3.63, 3.8) is 0 Å². The molecule has 1 aromatic carbocycles. The van der Waals surface area contributed by atoms with Gasteiger partial charge in [0.15, 0.2) is 0 Å². The van der Waals surface area contributed by atoms with E-state index in [4.69, 9.17) is 22.1 Å². The molecule has 2 N–H and O–H groups in total. The second kappa shape index (κ2) is 5.81. The summed E-state index contributed by atoms with van der Waals surface area (Å²) in [5, 5.41) is 1.28. The minimum Gasteiger partial charge on any atom is -0.492 e. The number of aromatic nitrogens is 1. The van der Waals surface area contributed by atoms with Gasteiger partial charge in [0.2, 0.25) is 0 Å². The number of nitrogens with two attached hydrogens (primary N) is 1. The molecule has 0 radical (unpaired) electrons. The Morgan fingerprint density at radius 2 is 2.24 bits per heavy atom. The lowest BCUT2D eigenvalue weighted by molar-refractivity contribution is 0.0999. The van der Waals surface area contributed by atoms with Crippen LogP contribution < -0.4 is 10.5 Å². The fraction of sp³-hybridized carbons (Fsp3) is 0.333. The molecule has 0 atom stereocenters. The number of fused-ring (bicyclic) bond motifs is 1. The molecule has 0 bridgehead atoms. The van der Waals surface area contributed by atoms with Gasteiger partial charge < -0.3 is 10.5 Å². The third-order valence-corrected chi connectivity index (χ3v) is 4.97. The van der Waals surface area contributed by atoms with Crippen molar-refractivity contribution in [2.24, 2.45) is 11.7 Å². The SMILES string of the molecule is NC(=O)c1cnc2cc(Cl)c(OCC3CCC3)cc2c1Br. The van der Waals surface area contributed by atoms with Crippen LogP contribution in [0.5, 0.6) is 5.75 Å². The van der Waals surface area contributed by atoms with E-state index in [0.717, 1.165) is 5.39 Å². The Kier molecular flexibility index (Phi) is 4.04. The highest BCUT2D eigenvalue weighted by Crippen LogP contribution is 2.35. The molecule has 1 aliphatic rings. The average molecular weight is 370 g/mol. The maximum Gasteiger partial charge on any atom is 0.251 e. The van der Waals surface area contributed by atoms with Crippen LogP contribution in [-0.2, 0) is 0 Å². The van der Waals surface area contributed by atoms with Crippen LogP contribution in [0.3, 0.4) is 0 Å². The fourth-order valence-electron chi connectivity index (χ4n) is 2.31. The van der Waals surface area contributed by atoms with Crippen LogP contribution in [0.2, 0.25) is 5.02 Å². The van der Waals surface area contributed by atoms with E-state index < -0.39 is 5.91 Å². The first kappa shape index (κ1) is 14.6. The molecule has 0 aliphatic heterocycles. The zero-order chi connectivity index (χ0) is 15.0. The van der Waals surface area contributed by atoms with Crippen LogP contribution in [0, 0.1) is 5.92 Å². The quantitative estimate of drug-likeness (QED) is 0.888. The molecule has 21 heavy (non-hydrogen) atoms. The van der Waals surface area contributed by atoms with Gasteiger partial charge in [-0.25, -0.2) is 0 Å². The Morgan fingerprint density at radius 3 is 2.86 bits per heavy atom. The lowest BCUT2D eigenvalue weighted by Gasteiger charge is -2.25. The number of amides is 1. The third kappa shape index (κ3) is 2.85. The zero-order valence-electron chi connectivity index (χ0n) is 11.2. The van der Waals surface area contributed by atoms with Crippen molar-refractivity contribution in [1.82, 2.24) is 4.98 Å². The molecule has 1 aliphatic carbocycles. The molecule has 1 fully saturated rings. The number of nitrogens with zero attached hydrogens (tertiary/aromatic N) is 1. The first-order valence-corrected chi connectivity index (χ1v) is 7.93. The number of rotatable bonds is 4. The summed E-state index contributed by atoms with van der Waals surface area (Å²) in [7, 11) is 0. The highest BCUT2D eigenvalue weighted by atomic mass is 79.9. The number of hydrogen-bond donors (Lipinski definition) is 1. The van der Waals surface area contributed by atoms with E-state index >= 15 is 0 Å². The summed E-state index contributed by atoms with van der Waals surface area (Å²) in [6.07, 6.45) is 5.14. The third-order valence-electron chi connectivity index (χ3n) is 3.82. The summed E-state index contributed by atoms with van der Waals surface area (Å²) in [5.41, 5.74) is 6.36. The summed E-state index contributed by atoms with van der Waals surface area (Å²) in [6.45, 7) is 0.672. The van der Waals surface area contributed by atoms with E-state index in [-0.39, 0.29) is 0 Å². The Bertz CT molecular complexity index is 716. The topological polar surface area (TPSA) is 65.2 Å². The molecule has 6 heteroatoms. The van der Waals surface area contributed by atoms with Crippen LogP contribution in [0.4, 0.5) is 0 Å². The molecule has 0 saturated heterocycles. The van der Waals surface area contributed by atoms with E-state index in [0.29, 0.717) is 38.8 Å². The second-order valence-corrected chi connectivity index (χ2v) is 6.46. The maximum absolute atomic E-state index is 11.4. The zero-order valence-corrected chi connectivity index (χ0v) is 13.6. The number of pyridine rings is 1. The molecule has 2 aromatic rings. The van der Waals surface area contributed by atoms with E-state index in [1.807, 2.05) is 0 Å². The van der Waals surface area contributed by atoms with Gasteiger partial charge in [0.05, 0.1) is 22.7 Å². The van der Waals surface area contributed by atoms with Gasteiger partial charge in [-0.1, -0.05) is 18.0 Å². The highest BCUT2D eigenvalue weighted by molar-refractivity contribution is 9.10. The molecule has 0 spiro atoms. The van der Waals surface area contributed by atoms with Crippen LogP contribution in [0.1, 0.15) is 29.6 Å².